The molecule has 7 nitrogen and oxygen atoms in total. The van der Waals surface area contributed by atoms with E-state index in [0.29, 0.717) is 19.5 Å². The molecule has 0 spiro atoms. The van der Waals surface area contributed by atoms with Crippen molar-refractivity contribution in [2.45, 2.75) is 99.1 Å². The molecule has 0 aliphatic heterocycles. The topological polar surface area (TPSA) is 106 Å². The van der Waals surface area contributed by atoms with Crippen LogP contribution in [0.5, 0.6) is 5.75 Å². The summed E-state index contributed by atoms with van der Waals surface area (Å²) in [7, 11) is 0. The van der Waals surface area contributed by atoms with Crippen molar-refractivity contribution >= 4 is 5.91 Å². The van der Waals surface area contributed by atoms with Gasteiger partial charge in [0.15, 0.2) is 0 Å². The van der Waals surface area contributed by atoms with Gasteiger partial charge in [0, 0.05) is 12.7 Å². The van der Waals surface area contributed by atoms with Crippen LogP contribution in [0.25, 0.3) is 0 Å². The van der Waals surface area contributed by atoms with Gasteiger partial charge in [0.25, 0.3) is 0 Å². The number of carbonyl (C=O) groups is 1. The monoisotopic (exact) mass is 461 g/mol. The summed E-state index contributed by atoms with van der Waals surface area (Å²) >= 11 is 0. The van der Waals surface area contributed by atoms with Gasteiger partial charge in [0.05, 0.1) is 5.69 Å². The van der Waals surface area contributed by atoms with Crippen molar-refractivity contribution < 1.29 is 9.90 Å². The van der Waals surface area contributed by atoms with Crippen LogP contribution in [0.15, 0.2) is 30.5 Å². The zero-order valence-corrected chi connectivity index (χ0v) is 13.1. The maximum Gasteiger partial charge on any atom is 0.241 e. The number of carbonyl (C=O) groups excluding carboxylic acids is 1. The molecule has 196 valence electrons. The maximum absolute atomic E-state index is 11.9. The van der Waals surface area contributed by atoms with Crippen molar-refractivity contribution in [3.63, 3.8) is 0 Å². The van der Waals surface area contributed by atoms with Gasteiger partial charge in [-0.2, -0.15) is 0 Å². The third-order valence-corrected chi connectivity index (χ3v) is 3.45. The number of phenols is 1. The lowest BCUT2D eigenvalue weighted by atomic mass is 10.1. The van der Waals surface area contributed by atoms with Crippen LogP contribution in [0, 0.1) is 0 Å². The molecule has 32 heavy (non-hydrogen) atoms. The summed E-state index contributed by atoms with van der Waals surface area (Å²) in [4.78, 5) is 11.9. The second kappa shape index (κ2) is 28.6. The summed E-state index contributed by atoms with van der Waals surface area (Å²) in [5, 5.41) is 20.1. The minimum Gasteiger partial charge on any atom is -0.508 e. The van der Waals surface area contributed by atoms with E-state index in [1.807, 2.05) is 12.1 Å². The normalized spacial score (nSPS) is 7.66. The lowest BCUT2D eigenvalue weighted by molar-refractivity contribution is -0.121. The average molecular weight is 462 g/mol. The largest absolute Gasteiger partial charge is 0.508 e. The number of phenolic OH excluding ortho intramolecular Hbond substituents is 1. The molecule has 0 fully saturated rings. The number of nitrogens with zero attached hydrogens (tertiary/aromatic N) is 3. The van der Waals surface area contributed by atoms with Gasteiger partial charge in [-0.1, -0.05) is 84.2 Å². The second-order valence-corrected chi connectivity index (χ2v) is 5.42. The first-order chi connectivity index (χ1) is 11.2. The summed E-state index contributed by atoms with van der Waals surface area (Å²) in [5.41, 5.74) is 7.40. The molecule has 0 aliphatic carbocycles. The number of aromatic hydroxyl groups is 1. The smallest absolute Gasteiger partial charge is 0.241 e. The van der Waals surface area contributed by atoms with Crippen molar-refractivity contribution in [1.82, 2.24) is 20.3 Å². The first kappa shape index (κ1) is 51.9. The van der Waals surface area contributed by atoms with Crippen LogP contribution in [-0.2, 0) is 24.2 Å². The molecule has 0 saturated heterocycles. The van der Waals surface area contributed by atoms with Gasteiger partial charge < -0.3 is 16.2 Å². The molecule has 2 rings (SSSR count). The first-order valence-corrected chi connectivity index (χ1v) is 7.81. The van der Waals surface area contributed by atoms with Crippen LogP contribution < -0.4 is 11.1 Å². The Balaban J connectivity index is -0.000000107. The molecule has 2 aromatic rings. The van der Waals surface area contributed by atoms with Gasteiger partial charge in [-0.25, -0.2) is 4.68 Å². The van der Waals surface area contributed by atoms with Crippen LogP contribution in [0.3, 0.4) is 0 Å². The van der Waals surface area contributed by atoms with Gasteiger partial charge in [0.2, 0.25) is 5.91 Å². The molecule has 0 aliphatic rings. The summed E-state index contributed by atoms with van der Waals surface area (Å²) in [6.07, 6.45) is 5.29. The zero-order valence-electron chi connectivity index (χ0n) is 13.1. The van der Waals surface area contributed by atoms with E-state index >= 15 is 0 Å². The molecular formula is C25H59N5O2. The lowest BCUT2D eigenvalue weighted by Crippen LogP contribution is -2.29. The van der Waals surface area contributed by atoms with Crippen molar-refractivity contribution in [2.75, 3.05) is 13.1 Å². The molecule has 0 unspecified atom stereocenters. The van der Waals surface area contributed by atoms with E-state index in [9.17, 15) is 9.90 Å². The minimum atomic E-state index is -0.0952. The predicted molar refractivity (Wildman–Crippen MR) is 147 cm³/mol. The molecule has 1 aromatic heterocycles. The van der Waals surface area contributed by atoms with E-state index in [2.05, 4.69) is 15.6 Å². The van der Waals surface area contributed by atoms with E-state index in [1.165, 1.54) is 0 Å². The van der Waals surface area contributed by atoms with Crippen LogP contribution in [0.2, 0.25) is 0 Å². The van der Waals surface area contributed by atoms with E-state index < -0.39 is 0 Å². The Morgan fingerprint density at radius 1 is 0.906 bits per heavy atom. The highest BCUT2D eigenvalue weighted by Crippen LogP contribution is 2.09. The standard InChI is InChI=1S/C16H23N5O2.9CH4/c17-9-2-1-3-14-11-21(20-19-14)12-16(23)18-10-8-13-4-6-15(22)7-5-13;;;;;;;;;/h4-7,11,22H,1-3,8-10,12,17H2,(H,18,23);9*1H4. The van der Waals surface area contributed by atoms with E-state index in [-0.39, 0.29) is 85.0 Å². The molecule has 4 N–H and O–H groups in total. The highest BCUT2D eigenvalue weighted by molar-refractivity contribution is 5.75. The number of nitrogens with two attached hydrogens (primary N) is 1. The van der Waals surface area contributed by atoms with Crippen LogP contribution in [-0.4, -0.2) is 39.1 Å². The number of aromatic nitrogens is 3. The van der Waals surface area contributed by atoms with Crippen molar-refractivity contribution in [3.8, 4) is 5.75 Å². The molecule has 0 bridgehead atoms. The molecule has 1 amide bonds. The molecule has 1 aromatic carbocycles. The predicted octanol–water partition coefficient (Wildman–Crippen LogP) is 6.35. The van der Waals surface area contributed by atoms with Gasteiger partial charge in [-0.05, 0) is 49.9 Å². The van der Waals surface area contributed by atoms with Crippen molar-refractivity contribution in [2.24, 2.45) is 5.73 Å². The average Bonchev–Trinajstić information content (AvgIpc) is 2.97. The molecule has 0 saturated carbocycles. The number of benzene rings is 1. The summed E-state index contributed by atoms with van der Waals surface area (Å²) in [6, 6.07) is 6.95. The summed E-state index contributed by atoms with van der Waals surface area (Å²) < 4.78 is 1.55. The van der Waals surface area contributed by atoms with Crippen LogP contribution in [0.1, 0.15) is 90.9 Å². The van der Waals surface area contributed by atoms with Gasteiger partial charge >= 0.3 is 0 Å². The fourth-order valence-corrected chi connectivity index (χ4v) is 2.19. The maximum atomic E-state index is 11.9. The van der Waals surface area contributed by atoms with Crippen LogP contribution >= 0.6 is 0 Å². The van der Waals surface area contributed by atoms with Gasteiger partial charge in [0.1, 0.15) is 12.3 Å². The first-order valence-electron chi connectivity index (χ1n) is 7.81. The second-order valence-electron chi connectivity index (χ2n) is 5.42. The third kappa shape index (κ3) is 19.5. The fraction of sp³-hybridized carbons (Fsp3) is 0.640. The third-order valence-electron chi connectivity index (χ3n) is 3.45. The Morgan fingerprint density at radius 3 is 2.00 bits per heavy atom. The Hall–Kier alpha value is -2.41. The van der Waals surface area contributed by atoms with E-state index in [1.54, 1.807) is 23.0 Å². The minimum absolute atomic E-state index is 0. The van der Waals surface area contributed by atoms with Gasteiger partial charge in [-0.3, -0.25) is 4.79 Å². The van der Waals surface area contributed by atoms with Crippen LogP contribution in [0.4, 0.5) is 0 Å². The Bertz CT molecular complexity index is 613. The summed E-state index contributed by atoms with van der Waals surface area (Å²) in [6.45, 7) is 1.39. The number of aryl methyl sites for hydroxylation is 1. The number of unbranched alkanes of at least 4 members (excludes halogenated alkanes) is 1. The highest BCUT2D eigenvalue weighted by atomic mass is 16.3. The lowest BCUT2D eigenvalue weighted by Gasteiger charge is -2.05. The van der Waals surface area contributed by atoms with Crippen molar-refractivity contribution in [3.05, 3.63) is 41.7 Å². The summed E-state index contributed by atoms with van der Waals surface area (Å²) in [5.74, 6) is 0.147. The number of hydrogen-bond donors (Lipinski definition) is 3. The Labute approximate surface area is 201 Å². The molecule has 0 radical (unpaired) electrons. The molecule has 0 atom stereocenters. The van der Waals surface area contributed by atoms with Gasteiger partial charge in [-0.15, -0.1) is 5.10 Å². The Kier molecular flexibility index (Phi) is 46.4. The zero-order chi connectivity index (χ0) is 16.5. The number of rotatable bonds is 9. The quantitative estimate of drug-likeness (QED) is 0.377. The SMILES string of the molecule is C.C.C.C.C.C.C.C.C.NCCCCc1cn(CC(=O)NCCc2ccc(O)cc2)nn1. The molecule has 7 heteroatoms. The Morgan fingerprint density at radius 2 is 1.47 bits per heavy atom. The van der Waals surface area contributed by atoms with E-state index in [4.69, 9.17) is 5.73 Å². The number of nitrogens with one attached hydrogen (secondary N) is 1. The van der Waals surface area contributed by atoms with Crippen molar-refractivity contribution in [1.29, 1.82) is 0 Å². The number of hydrogen-bond acceptors (Lipinski definition) is 5. The molecular weight excluding hydrogens is 402 g/mol. The number of amides is 1. The van der Waals surface area contributed by atoms with E-state index in [0.717, 1.165) is 30.5 Å². The fourth-order valence-electron chi connectivity index (χ4n) is 2.19. The highest BCUT2D eigenvalue weighted by Gasteiger charge is 2.06. The molecule has 1 heterocycles.